The Labute approximate surface area is 128 Å². The highest BCUT2D eigenvalue weighted by Crippen LogP contribution is 2.14. The molecule has 7 heteroatoms. The highest BCUT2D eigenvalue weighted by atomic mass is 79.9. The molecule has 0 fully saturated rings. The van der Waals surface area contributed by atoms with Crippen LogP contribution in [0.2, 0.25) is 0 Å². The SMILES string of the molecule is O=C(O)c1ccc(NCc2cnc3cnc(Br)cn23)cc1. The number of halogens is 1. The molecule has 0 aliphatic heterocycles. The van der Waals surface area contributed by atoms with E-state index in [0.29, 0.717) is 6.54 Å². The summed E-state index contributed by atoms with van der Waals surface area (Å²) in [6.07, 6.45) is 5.32. The van der Waals surface area contributed by atoms with E-state index in [0.717, 1.165) is 21.6 Å². The van der Waals surface area contributed by atoms with Crippen molar-refractivity contribution in [2.75, 3.05) is 5.32 Å². The highest BCUT2D eigenvalue weighted by Gasteiger charge is 2.05. The lowest BCUT2D eigenvalue weighted by molar-refractivity contribution is 0.0697. The number of nitrogens with one attached hydrogen (secondary N) is 1. The summed E-state index contributed by atoms with van der Waals surface area (Å²) in [6.45, 7) is 0.573. The van der Waals surface area contributed by atoms with Gasteiger partial charge in [0.05, 0.1) is 30.2 Å². The first-order valence-electron chi connectivity index (χ1n) is 6.18. The fourth-order valence-corrected chi connectivity index (χ4v) is 2.28. The zero-order valence-corrected chi connectivity index (χ0v) is 12.4. The second-order valence-electron chi connectivity index (χ2n) is 4.42. The molecule has 0 atom stereocenters. The first-order chi connectivity index (χ1) is 10.1. The Morgan fingerprint density at radius 2 is 2.00 bits per heavy atom. The number of aromatic carboxylic acids is 1. The number of fused-ring (bicyclic) bond motifs is 1. The molecule has 106 valence electrons. The third-order valence-electron chi connectivity index (χ3n) is 3.05. The van der Waals surface area contributed by atoms with E-state index in [4.69, 9.17) is 5.11 Å². The first-order valence-corrected chi connectivity index (χ1v) is 6.97. The molecule has 0 aliphatic carbocycles. The molecule has 3 aromatic rings. The minimum absolute atomic E-state index is 0.269. The summed E-state index contributed by atoms with van der Waals surface area (Å²) >= 11 is 3.33. The number of rotatable bonds is 4. The Morgan fingerprint density at radius 3 is 2.71 bits per heavy atom. The molecule has 0 amide bonds. The quantitative estimate of drug-likeness (QED) is 0.759. The Kier molecular flexibility index (Phi) is 3.57. The third-order valence-corrected chi connectivity index (χ3v) is 3.46. The van der Waals surface area contributed by atoms with Crippen molar-refractivity contribution < 1.29 is 9.90 Å². The van der Waals surface area contributed by atoms with Gasteiger partial charge in [-0.3, -0.25) is 4.40 Å². The number of carbonyl (C=O) groups is 1. The topological polar surface area (TPSA) is 79.5 Å². The van der Waals surface area contributed by atoms with Gasteiger partial charge in [0.1, 0.15) is 4.60 Å². The Hall–Kier alpha value is -2.41. The summed E-state index contributed by atoms with van der Waals surface area (Å²) in [7, 11) is 0. The molecular weight excluding hydrogens is 336 g/mol. The molecule has 0 saturated carbocycles. The fourth-order valence-electron chi connectivity index (χ4n) is 1.97. The number of imidazole rings is 1. The van der Waals surface area contributed by atoms with Crippen molar-refractivity contribution in [3.8, 4) is 0 Å². The molecule has 21 heavy (non-hydrogen) atoms. The standard InChI is InChI=1S/C14H11BrN4O2/c15-12-8-19-11(6-18-13(19)7-17-12)5-16-10-3-1-9(2-4-10)14(20)21/h1-4,6-8,16H,5H2,(H,20,21). The van der Waals surface area contributed by atoms with E-state index in [-0.39, 0.29) is 5.56 Å². The van der Waals surface area contributed by atoms with Gasteiger partial charge in [-0.25, -0.2) is 14.8 Å². The van der Waals surface area contributed by atoms with Crippen LogP contribution in [0.25, 0.3) is 5.65 Å². The molecule has 0 bridgehead atoms. The van der Waals surface area contributed by atoms with Crippen molar-refractivity contribution in [3.63, 3.8) is 0 Å². The van der Waals surface area contributed by atoms with E-state index in [1.807, 2.05) is 10.6 Å². The van der Waals surface area contributed by atoms with Crippen LogP contribution in [-0.2, 0) is 6.54 Å². The van der Waals surface area contributed by atoms with E-state index in [1.165, 1.54) is 0 Å². The molecule has 2 aromatic heterocycles. The second-order valence-corrected chi connectivity index (χ2v) is 5.24. The second kappa shape index (κ2) is 5.53. The number of hydrogen-bond donors (Lipinski definition) is 2. The molecule has 0 radical (unpaired) electrons. The molecule has 0 spiro atoms. The molecule has 0 unspecified atom stereocenters. The van der Waals surface area contributed by atoms with Crippen LogP contribution in [0, 0.1) is 0 Å². The number of carboxylic acid groups (broad SMARTS) is 1. The maximum absolute atomic E-state index is 10.8. The molecule has 0 saturated heterocycles. The lowest BCUT2D eigenvalue weighted by Gasteiger charge is -2.06. The largest absolute Gasteiger partial charge is 0.478 e. The van der Waals surface area contributed by atoms with Crippen LogP contribution >= 0.6 is 15.9 Å². The Morgan fingerprint density at radius 1 is 1.24 bits per heavy atom. The summed E-state index contributed by atoms with van der Waals surface area (Å²) < 4.78 is 2.68. The van der Waals surface area contributed by atoms with Crippen molar-refractivity contribution in [2.24, 2.45) is 0 Å². The van der Waals surface area contributed by atoms with Gasteiger partial charge in [-0.2, -0.15) is 0 Å². The Bertz CT molecular complexity index is 798. The Balaban J connectivity index is 1.77. The van der Waals surface area contributed by atoms with Crippen molar-refractivity contribution in [1.82, 2.24) is 14.4 Å². The first kappa shape index (κ1) is 13.6. The summed E-state index contributed by atoms with van der Waals surface area (Å²) in [4.78, 5) is 19.2. The smallest absolute Gasteiger partial charge is 0.335 e. The van der Waals surface area contributed by atoms with Crippen LogP contribution in [0.3, 0.4) is 0 Å². The van der Waals surface area contributed by atoms with Crippen molar-refractivity contribution in [2.45, 2.75) is 6.54 Å². The van der Waals surface area contributed by atoms with Gasteiger partial charge in [-0.1, -0.05) is 0 Å². The van der Waals surface area contributed by atoms with Crippen LogP contribution in [0.4, 0.5) is 5.69 Å². The number of nitrogens with zero attached hydrogens (tertiary/aromatic N) is 3. The third kappa shape index (κ3) is 2.87. The van der Waals surface area contributed by atoms with Crippen molar-refractivity contribution in [1.29, 1.82) is 0 Å². The molecule has 3 rings (SSSR count). The molecule has 6 nitrogen and oxygen atoms in total. The van der Waals surface area contributed by atoms with Gasteiger partial charge in [0.15, 0.2) is 5.65 Å². The minimum atomic E-state index is -0.930. The highest BCUT2D eigenvalue weighted by molar-refractivity contribution is 9.10. The average Bonchev–Trinajstić information content (AvgIpc) is 2.88. The zero-order valence-electron chi connectivity index (χ0n) is 10.8. The normalized spacial score (nSPS) is 10.7. The number of anilines is 1. The molecule has 0 aliphatic rings. The summed E-state index contributed by atoms with van der Waals surface area (Å²) in [5.41, 5.74) is 2.88. The molecule has 2 N–H and O–H groups in total. The molecule has 1 aromatic carbocycles. The lowest BCUT2D eigenvalue weighted by atomic mass is 10.2. The van der Waals surface area contributed by atoms with Crippen molar-refractivity contribution in [3.05, 3.63) is 58.7 Å². The lowest BCUT2D eigenvalue weighted by Crippen LogP contribution is -2.03. The minimum Gasteiger partial charge on any atom is -0.478 e. The molecular formula is C14H11BrN4O2. The number of hydrogen-bond acceptors (Lipinski definition) is 4. The number of benzene rings is 1. The van der Waals surface area contributed by atoms with Crippen LogP contribution < -0.4 is 5.32 Å². The van der Waals surface area contributed by atoms with Crippen LogP contribution in [0.15, 0.2) is 47.5 Å². The van der Waals surface area contributed by atoms with Gasteiger partial charge < -0.3 is 10.4 Å². The monoisotopic (exact) mass is 346 g/mol. The number of carboxylic acids is 1. The van der Waals surface area contributed by atoms with Gasteiger partial charge in [0, 0.05) is 11.9 Å². The molecule has 2 heterocycles. The maximum Gasteiger partial charge on any atom is 0.335 e. The van der Waals surface area contributed by atoms with E-state index in [9.17, 15) is 4.79 Å². The predicted octanol–water partition coefficient (Wildman–Crippen LogP) is 2.80. The zero-order chi connectivity index (χ0) is 14.8. The van der Waals surface area contributed by atoms with E-state index < -0.39 is 5.97 Å². The predicted molar refractivity (Wildman–Crippen MR) is 81.4 cm³/mol. The van der Waals surface area contributed by atoms with E-state index in [1.54, 1.807) is 36.7 Å². The van der Waals surface area contributed by atoms with Crippen LogP contribution in [0.1, 0.15) is 16.1 Å². The van der Waals surface area contributed by atoms with E-state index in [2.05, 4.69) is 31.2 Å². The van der Waals surface area contributed by atoms with Gasteiger partial charge in [0.2, 0.25) is 0 Å². The number of aromatic nitrogens is 3. The maximum atomic E-state index is 10.8. The van der Waals surface area contributed by atoms with Gasteiger partial charge in [-0.15, -0.1) is 0 Å². The van der Waals surface area contributed by atoms with Gasteiger partial charge in [0.25, 0.3) is 0 Å². The summed E-state index contributed by atoms with van der Waals surface area (Å²) in [5.74, 6) is -0.930. The van der Waals surface area contributed by atoms with Crippen LogP contribution in [0.5, 0.6) is 0 Å². The average molecular weight is 347 g/mol. The van der Waals surface area contributed by atoms with Crippen LogP contribution in [-0.4, -0.2) is 25.4 Å². The summed E-state index contributed by atoms with van der Waals surface area (Å²) in [5, 5.41) is 12.1. The van der Waals surface area contributed by atoms with Gasteiger partial charge >= 0.3 is 5.97 Å². The fraction of sp³-hybridized carbons (Fsp3) is 0.0714. The van der Waals surface area contributed by atoms with Crippen molar-refractivity contribution >= 4 is 33.2 Å². The summed E-state index contributed by atoms with van der Waals surface area (Å²) in [6, 6.07) is 6.62. The van der Waals surface area contributed by atoms with E-state index >= 15 is 0 Å². The van der Waals surface area contributed by atoms with Gasteiger partial charge in [-0.05, 0) is 40.2 Å².